The van der Waals surface area contributed by atoms with Gasteiger partial charge < -0.3 is 24.3 Å². The largest absolute Gasteiger partial charge is 0.490 e. The van der Waals surface area contributed by atoms with Crippen LogP contribution in [0.2, 0.25) is 0 Å². The van der Waals surface area contributed by atoms with Gasteiger partial charge in [-0.25, -0.2) is 9.59 Å². The maximum Gasteiger partial charge on any atom is 0.336 e. The van der Waals surface area contributed by atoms with Crippen LogP contribution in [0.5, 0.6) is 11.5 Å². The van der Waals surface area contributed by atoms with Crippen LogP contribution < -0.4 is 14.8 Å². The first-order chi connectivity index (χ1) is 14.8. The minimum atomic E-state index is -0.880. The number of dihydropyridines is 1. The molecule has 0 radical (unpaired) electrons. The number of nitrogens with one attached hydrogen (secondary N) is 1. The number of esters is 3. The molecule has 0 spiro atoms. The Bertz CT molecular complexity index is 890. The van der Waals surface area contributed by atoms with Gasteiger partial charge in [0.05, 0.1) is 36.9 Å². The molecule has 1 heterocycles. The highest BCUT2D eigenvalue weighted by molar-refractivity contribution is 6.00. The van der Waals surface area contributed by atoms with E-state index in [1.165, 1.54) is 6.92 Å². The van der Waals surface area contributed by atoms with Crippen molar-refractivity contribution in [1.82, 2.24) is 5.32 Å². The summed E-state index contributed by atoms with van der Waals surface area (Å²) < 4.78 is 21.7. The van der Waals surface area contributed by atoms with E-state index in [4.69, 9.17) is 18.9 Å². The minimum absolute atomic E-state index is 0.146. The van der Waals surface area contributed by atoms with E-state index >= 15 is 0 Å². The highest BCUT2D eigenvalue weighted by Crippen LogP contribution is 2.45. The van der Waals surface area contributed by atoms with Crippen LogP contribution in [0, 0.1) is 0 Å². The van der Waals surface area contributed by atoms with Crippen molar-refractivity contribution in [2.75, 3.05) is 19.8 Å². The summed E-state index contributed by atoms with van der Waals surface area (Å²) in [5, 5.41) is 3.08. The molecule has 0 aromatic heterocycles. The van der Waals surface area contributed by atoms with Gasteiger partial charge in [0.25, 0.3) is 0 Å². The molecule has 0 bridgehead atoms. The van der Waals surface area contributed by atoms with Crippen molar-refractivity contribution < 1.29 is 33.3 Å². The van der Waals surface area contributed by atoms with Crippen LogP contribution in [0.1, 0.15) is 53.0 Å². The van der Waals surface area contributed by atoms with Gasteiger partial charge in [-0.15, -0.1) is 0 Å². The van der Waals surface area contributed by atoms with Gasteiger partial charge in [-0.2, -0.15) is 0 Å². The minimum Gasteiger partial charge on any atom is -0.490 e. The molecule has 8 nitrogen and oxygen atoms in total. The third-order valence-corrected chi connectivity index (χ3v) is 4.62. The summed E-state index contributed by atoms with van der Waals surface area (Å²) in [7, 11) is 0. The molecule has 1 aromatic rings. The van der Waals surface area contributed by atoms with Crippen molar-refractivity contribution in [2.45, 2.75) is 47.5 Å². The molecule has 0 unspecified atom stereocenters. The van der Waals surface area contributed by atoms with E-state index in [9.17, 15) is 14.4 Å². The van der Waals surface area contributed by atoms with E-state index in [0.29, 0.717) is 29.3 Å². The first-order valence-corrected chi connectivity index (χ1v) is 10.2. The van der Waals surface area contributed by atoms with Crippen LogP contribution in [0.15, 0.2) is 40.7 Å². The number of allylic oxidation sites excluding steroid dienone is 2. The zero-order valence-corrected chi connectivity index (χ0v) is 18.8. The van der Waals surface area contributed by atoms with Crippen LogP contribution in [0.4, 0.5) is 0 Å². The fourth-order valence-electron chi connectivity index (χ4n) is 3.55. The summed E-state index contributed by atoms with van der Waals surface area (Å²) in [4.78, 5) is 37.7. The van der Waals surface area contributed by atoms with Gasteiger partial charge in [0.15, 0.2) is 11.5 Å². The van der Waals surface area contributed by atoms with Crippen LogP contribution in [0.25, 0.3) is 0 Å². The molecule has 0 atom stereocenters. The Kier molecular flexibility index (Phi) is 8.24. The number of carbonyl (C=O) groups excluding carboxylic acids is 3. The quantitative estimate of drug-likeness (QED) is 0.494. The van der Waals surface area contributed by atoms with Crippen molar-refractivity contribution in [2.24, 2.45) is 0 Å². The van der Waals surface area contributed by atoms with Gasteiger partial charge >= 0.3 is 17.9 Å². The van der Waals surface area contributed by atoms with Crippen molar-refractivity contribution in [3.63, 3.8) is 0 Å². The number of hydrogen-bond acceptors (Lipinski definition) is 8. The Morgan fingerprint density at radius 3 is 1.90 bits per heavy atom. The molecule has 1 N–H and O–H groups in total. The SMILES string of the molecule is CCOC(=O)C1=C(C)NC(C)=C(C(=O)OCC)C1c1cccc(OCC)c1OC(C)=O. The molecule has 0 saturated carbocycles. The number of rotatable bonds is 8. The van der Waals surface area contributed by atoms with E-state index in [1.54, 1.807) is 52.8 Å². The number of benzene rings is 1. The van der Waals surface area contributed by atoms with E-state index in [2.05, 4.69) is 5.32 Å². The summed E-state index contributed by atoms with van der Waals surface area (Å²) in [6.45, 7) is 10.6. The second-order valence-electron chi connectivity index (χ2n) is 6.78. The Hall–Kier alpha value is -3.29. The normalized spacial score (nSPS) is 14.1. The molecule has 1 aliphatic heterocycles. The summed E-state index contributed by atoms with van der Waals surface area (Å²) in [6, 6.07) is 5.06. The standard InChI is InChI=1S/C23H29NO7/c1-7-28-17-12-10-11-16(21(17)31-15(6)25)20-18(22(26)29-8-2)13(4)24-14(5)19(20)23(27)30-9-3/h10-12,20,24H,7-9H2,1-6H3. The lowest BCUT2D eigenvalue weighted by molar-refractivity contribution is -0.139. The third kappa shape index (κ3) is 5.25. The van der Waals surface area contributed by atoms with Crippen LogP contribution in [0.3, 0.4) is 0 Å². The van der Waals surface area contributed by atoms with Crippen molar-refractivity contribution in [1.29, 1.82) is 0 Å². The summed E-state index contributed by atoms with van der Waals surface area (Å²) >= 11 is 0. The molecule has 0 fully saturated rings. The fraction of sp³-hybridized carbons (Fsp3) is 0.435. The highest BCUT2D eigenvalue weighted by atomic mass is 16.6. The first kappa shape index (κ1) is 24.0. The van der Waals surface area contributed by atoms with E-state index in [0.717, 1.165) is 0 Å². The van der Waals surface area contributed by atoms with Crippen LogP contribution in [-0.2, 0) is 23.9 Å². The Morgan fingerprint density at radius 2 is 1.45 bits per heavy atom. The summed E-state index contributed by atoms with van der Waals surface area (Å²) in [6.07, 6.45) is 0. The van der Waals surface area contributed by atoms with Gasteiger partial charge in [0.2, 0.25) is 0 Å². The zero-order valence-electron chi connectivity index (χ0n) is 18.8. The van der Waals surface area contributed by atoms with E-state index in [-0.39, 0.29) is 30.1 Å². The monoisotopic (exact) mass is 431 g/mol. The van der Waals surface area contributed by atoms with Crippen LogP contribution >= 0.6 is 0 Å². The van der Waals surface area contributed by atoms with Gasteiger partial charge in [0, 0.05) is 23.9 Å². The van der Waals surface area contributed by atoms with Gasteiger partial charge in [-0.3, -0.25) is 4.79 Å². The number of hydrogen-bond donors (Lipinski definition) is 1. The smallest absolute Gasteiger partial charge is 0.336 e. The molecule has 0 amide bonds. The molecule has 31 heavy (non-hydrogen) atoms. The first-order valence-electron chi connectivity index (χ1n) is 10.2. The van der Waals surface area contributed by atoms with E-state index in [1.807, 2.05) is 0 Å². The topological polar surface area (TPSA) is 100 Å². The third-order valence-electron chi connectivity index (χ3n) is 4.62. The zero-order chi connectivity index (χ0) is 23.1. The fourth-order valence-corrected chi connectivity index (χ4v) is 3.55. The second-order valence-corrected chi connectivity index (χ2v) is 6.78. The van der Waals surface area contributed by atoms with Gasteiger partial charge in [0.1, 0.15) is 0 Å². The Balaban J connectivity index is 2.82. The highest BCUT2D eigenvalue weighted by Gasteiger charge is 2.40. The maximum absolute atomic E-state index is 12.9. The maximum atomic E-state index is 12.9. The van der Waals surface area contributed by atoms with Crippen molar-refractivity contribution in [3.05, 3.63) is 46.3 Å². The Labute approximate surface area is 182 Å². The lowest BCUT2D eigenvalue weighted by Gasteiger charge is -2.31. The number of para-hydroxylation sites is 1. The molecule has 1 aromatic carbocycles. The molecule has 168 valence electrons. The lowest BCUT2D eigenvalue weighted by Crippen LogP contribution is -2.33. The van der Waals surface area contributed by atoms with Crippen molar-refractivity contribution >= 4 is 17.9 Å². The average molecular weight is 431 g/mol. The van der Waals surface area contributed by atoms with Crippen LogP contribution in [-0.4, -0.2) is 37.7 Å². The van der Waals surface area contributed by atoms with Gasteiger partial charge in [-0.1, -0.05) is 12.1 Å². The predicted octanol–water partition coefficient (Wildman–Crippen LogP) is 3.37. The number of ether oxygens (including phenoxy) is 4. The van der Waals surface area contributed by atoms with Gasteiger partial charge in [-0.05, 0) is 40.7 Å². The Morgan fingerprint density at radius 1 is 0.903 bits per heavy atom. The predicted molar refractivity (Wildman–Crippen MR) is 113 cm³/mol. The lowest BCUT2D eigenvalue weighted by atomic mass is 9.80. The molecule has 0 saturated heterocycles. The second kappa shape index (κ2) is 10.7. The summed E-state index contributed by atoms with van der Waals surface area (Å²) in [5.74, 6) is -2.12. The van der Waals surface area contributed by atoms with Crippen molar-refractivity contribution in [3.8, 4) is 11.5 Å². The molecule has 0 aliphatic carbocycles. The average Bonchev–Trinajstić information content (AvgIpc) is 2.68. The molecular formula is C23H29NO7. The van der Waals surface area contributed by atoms with E-state index < -0.39 is 23.8 Å². The number of carbonyl (C=O) groups is 3. The molecule has 8 heteroatoms. The molecular weight excluding hydrogens is 402 g/mol. The molecule has 2 rings (SSSR count). The molecule has 1 aliphatic rings. The summed E-state index contributed by atoms with van der Waals surface area (Å²) in [5.41, 5.74) is 1.96.